The summed E-state index contributed by atoms with van der Waals surface area (Å²) in [5, 5.41) is 5.10. The summed E-state index contributed by atoms with van der Waals surface area (Å²) in [6.07, 6.45) is 0. The molecule has 0 unspecified atom stereocenters. The van der Waals surface area contributed by atoms with Crippen molar-refractivity contribution in [1.29, 1.82) is 0 Å². The zero-order valence-corrected chi connectivity index (χ0v) is 16.1. The number of hydrogen-bond donors (Lipinski definition) is 1. The van der Waals surface area contributed by atoms with Crippen LogP contribution in [0.15, 0.2) is 29.3 Å². The highest BCUT2D eigenvalue weighted by Gasteiger charge is 2.27. The molecule has 1 N–H and O–H groups in total. The van der Waals surface area contributed by atoms with Gasteiger partial charge in [0, 0.05) is 6.04 Å². The molecule has 0 aliphatic heterocycles. The fraction of sp³-hybridized carbons (Fsp3) is 0.375. The molecule has 0 spiro atoms. The number of rotatable bonds is 6. The fourth-order valence-electron chi connectivity index (χ4n) is 2.61. The predicted octanol–water partition coefficient (Wildman–Crippen LogP) is 2.85. The van der Waals surface area contributed by atoms with Gasteiger partial charge in [-0.15, -0.1) is 0 Å². The molecule has 7 nitrogen and oxygen atoms in total. The molecule has 0 bridgehead atoms. The van der Waals surface area contributed by atoms with Crippen LogP contribution in [0, 0.1) is 13.8 Å². The number of nitrogens with zero attached hydrogens (tertiary/aromatic N) is 3. The predicted molar refractivity (Wildman–Crippen MR) is 96.7 cm³/mol. The Morgan fingerprint density at radius 2 is 1.96 bits per heavy atom. The lowest BCUT2D eigenvalue weighted by Gasteiger charge is -2.15. The second-order valence-electron chi connectivity index (χ2n) is 5.66. The van der Waals surface area contributed by atoms with Crippen molar-refractivity contribution in [2.24, 2.45) is 0 Å². The summed E-state index contributed by atoms with van der Waals surface area (Å²) in [5.74, 6) is 0.757. The fourth-order valence-corrected chi connectivity index (χ4v) is 4.96. The maximum absolute atomic E-state index is 12.9. The molecule has 0 aliphatic rings. The first kappa shape index (κ1) is 17.8. The number of fused-ring (bicyclic) bond motifs is 1. The number of nitrogens with one attached hydrogen (secondary N) is 1. The van der Waals surface area contributed by atoms with Crippen molar-refractivity contribution < 1.29 is 13.2 Å². The van der Waals surface area contributed by atoms with Gasteiger partial charge in [-0.25, -0.2) is 18.1 Å². The molecule has 0 saturated heterocycles. The van der Waals surface area contributed by atoms with E-state index in [1.165, 1.54) is 15.9 Å². The van der Waals surface area contributed by atoms with E-state index in [1.807, 2.05) is 38.1 Å². The van der Waals surface area contributed by atoms with Gasteiger partial charge in [0.15, 0.2) is 5.03 Å². The van der Waals surface area contributed by atoms with Crippen LogP contribution in [0.25, 0.3) is 4.96 Å². The molecule has 2 heterocycles. The van der Waals surface area contributed by atoms with Crippen molar-refractivity contribution in [3.63, 3.8) is 0 Å². The van der Waals surface area contributed by atoms with Crippen LogP contribution in [-0.2, 0) is 10.0 Å². The Labute approximate surface area is 150 Å². The maximum atomic E-state index is 12.9. The third-order valence-corrected chi connectivity index (χ3v) is 6.17. The summed E-state index contributed by atoms with van der Waals surface area (Å²) in [7, 11) is -3.77. The van der Waals surface area contributed by atoms with Crippen LogP contribution in [0.4, 0.5) is 0 Å². The molecule has 0 amide bonds. The minimum atomic E-state index is -3.77. The Morgan fingerprint density at radius 1 is 1.28 bits per heavy atom. The highest BCUT2D eigenvalue weighted by molar-refractivity contribution is 7.89. The molecule has 0 saturated carbocycles. The molecule has 2 aromatic heterocycles. The third-order valence-electron chi connectivity index (χ3n) is 3.70. The van der Waals surface area contributed by atoms with Gasteiger partial charge in [-0.2, -0.15) is 9.61 Å². The van der Waals surface area contributed by atoms with E-state index in [-0.39, 0.29) is 5.03 Å². The first-order valence-corrected chi connectivity index (χ1v) is 10.2. The summed E-state index contributed by atoms with van der Waals surface area (Å²) < 4.78 is 35.2. The molecule has 1 atom stereocenters. The Balaban J connectivity index is 1.88. The minimum Gasteiger partial charge on any atom is -0.494 e. The Morgan fingerprint density at radius 3 is 2.60 bits per heavy atom. The number of imidazole rings is 1. The van der Waals surface area contributed by atoms with Gasteiger partial charge in [0.05, 0.1) is 12.3 Å². The number of hydrogen-bond acceptors (Lipinski definition) is 6. The molecule has 9 heteroatoms. The van der Waals surface area contributed by atoms with Crippen molar-refractivity contribution in [1.82, 2.24) is 19.3 Å². The van der Waals surface area contributed by atoms with Crippen LogP contribution in [0.1, 0.15) is 36.2 Å². The lowest BCUT2D eigenvalue weighted by Crippen LogP contribution is -2.28. The monoisotopic (exact) mass is 380 g/mol. The highest BCUT2D eigenvalue weighted by atomic mass is 32.2. The Kier molecular flexibility index (Phi) is 4.81. The second-order valence-corrected chi connectivity index (χ2v) is 8.45. The van der Waals surface area contributed by atoms with Crippen LogP contribution in [0.2, 0.25) is 0 Å². The summed E-state index contributed by atoms with van der Waals surface area (Å²) in [4.78, 5) is 4.87. The summed E-state index contributed by atoms with van der Waals surface area (Å²) >= 11 is 1.36. The van der Waals surface area contributed by atoms with Crippen LogP contribution in [-0.4, -0.2) is 29.6 Å². The highest BCUT2D eigenvalue weighted by Crippen LogP contribution is 2.24. The number of ether oxygens (including phenoxy) is 1. The van der Waals surface area contributed by atoms with E-state index < -0.39 is 16.1 Å². The Hall–Kier alpha value is -1.97. The zero-order chi connectivity index (χ0) is 18.2. The van der Waals surface area contributed by atoms with Gasteiger partial charge in [0.1, 0.15) is 10.8 Å². The topological polar surface area (TPSA) is 85.6 Å². The van der Waals surface area contributed by atoms with E-state index in [1.54, 1.807) is 13.8 Å². The van der Waals surface area contributed by atoms with Gasteiger partial charge in [-0.05, 0) is 45.4 Å². The largest absolute Gasteiger partial charge is 0.494 e. The summed E-state index contributed by atoms with van der Waals surface area (Å²) in [5.41, 5.74) is 1.28. The average molecular weight is 380 g/mol. The molecular formula is C16H20N4O3S2. The van der Waals surface area contributed by atoms with E-state index in [0.717, 1.165) is 16.3 Å². The third kappa shape index (κ3) is 3.53. The molecule has 3 rings (SSSR count). The van der Waals surface area contributed by atoms with E-state index in [9.17, 15) is 8.42 Å². The summed E-state index contributed by atoms with van der Waals surface area (Å²) in [6.45, 7) is 7.80. The molecule has 3 aromatic rings. The van der Waals surface area contributed by atoms with Gasteiger partial charge in [0.25, 0.3) is 10.0 Å². The minimum absolute atomic E-state index is 0.0876. The lowest BCUT2D eigenvalue weighted by molar-refractivity contribution is 0.340. The van der Waals surface area contributed by atoms with Crippen LogP contribution in [0.3, 0.4) is 0 Å². The molecular weight excluding hydrogens is 360 g/mol. The van der Waals surface area contributed by atoms with E-state index in [0.29, 0.717) is 17.3 Å². The number of aryl methyl sites for hydroxylation is 2. The average Bonchev–Trinajstić information content (AvgIpc) is 3.01. The van der Waals surface area contributed by atoms with Crippen LogP contribution >= 0.6 is 11.3 Å². The lowest BCUT2D eigenvalue weighted by atomic mass is 10.1. The van der Waals surface area contributed by atoms with Crippen LogP contribution < -0.4 is 9.46 Å². The van der Waals surface area contributed by atoms with Gasteiger partial charge >= 0.3 is 0 Å². The normalized spacial score (nSPS) is 13.3. The maximum Gasteiger partial charge on any atom is 0.260 e. The number of aromatic nitrogens is 3. The summed E-state index contributed by atoms with van der Waals surface area (Å²) in [6, 6.07) is 6.96. The van der Waals surface area contributed by atoms with Gasteiger partial charge in [0.2, 0.25) is 4.96 Å². The molecule has 1 aromatic carbocycles. The van der Waals surface area contributed by atoms with E-state index in [2.05, 4.69) is 14.8 Å². The first-order valence-electron chi connectivity index (χ1n) is 7.89. The zero-order valence-electron chi connectivity index (χ0n) is 14.5. The first-order chi connectivity index (χ1) is 11.8. The smallest absolute Gasteiger partial charge is 0.260 e. The number of sulfonamides is 1. The molecule has 0 radical (unpaired) electrons. The van der Waals surface area contributed by atoms with E-state index >= 15 is 0 Å². The number of benzene rings is 1. The van der Waals surface area contributed by atoms with Crippen molar-refractivity contribution in [3.8, 4) is 5.75 Å². The molecule has 0 fully saturated rings. The second kappa shape index (κ2) is 6.74. The van der Waals surface area contributed by atoms with Gasteiger partial charge < -0.3 is 4.74 Å². The molecule has 134 valence electrons. The van der Waals surface area contributed by atoms with Gasteiger partial charge in [-0.3, -0.25) is 0 Å². The van der Waals surface area contributed by atoms with Crippen molar-refractivity contribution >= 4 is 26.3 Å². The molecule has 25 heavy (non-hydrogen) atoms. The van der Waals surface area contributed by atoms with Crippen molar-refractivity contribution in [3.05, 3.63) is 40.5 Å². The Bertz CT molecular complexity index is 990. The quantitative estimate of drug-likeness (QED) is 0.711. The van der Waals surface area contributed by atoms with Crippen LogP contribution in [0.5, 0.6) is 5.75 Å². The SMILES string of the molecule is CCOc1ccc([C@H](C)NS(=O)(=O)c2c(C)nc3sc(C)nn23)cc1. The van der Waals surface area contributed by atoms with E-state index in [4.69, 9.17) is 4.74 Å². The van der Waals surface area contributed by atoms with Crippen molar-refractivity contribution in [2.45, 2.75) is 38.8 Å². The standard InChI is InChI=1S/C16H20N4O3S2/c1-5-23-14-8-6-13(7-9-14)10(2)19-25(21,22)15-11(3)17-16-20(15)18-12(4)24-16/h6-10,19H,5H2,1-4H3/t10-/m0/s1. The van der Waals surface area contributed by atoms with Crippen molar-refractivity contribution in [2.75, 3.05) is 6.61 Å². The molecule has 0 aliphatic carbocycles. The van der Waals surface area contributed by atoms with Gasteiger partial charge in [-0.1, -0.05) is 23.5 Å².